The van der Waals surface area contributed by atoms with E-state index in [0.717, 1.165) is 37.3 Å². The van der Waals surface area contributed by atoms with Crippen molar-refractivity contribution >= 4 is 10.8 Å². The Labute approximate surface area is 194 Å². The standard InChI is InChI=1S/C28H23F5O/c1-2-3-4-5-17-6-10-21(24(29)14-17)20-7-11-22(25(30)16-20)18-8-12-23-19(15-18)9-13-26(27(23)31)34-28(32)33/h6-16,28H,2-5H2,1H3. The van der Waals surface area contributed by atoms with Crippen LogP contribution < -0.4 is 4.74 Å². The molecule has 34 heavy (non-hydrogen) atoms. The van der Waals surface area contributed by atoms with Crippen LogP contribution in [-0.2, 0) is 6.42 Å². The average Bonchev–Trinajstić information content (AvgIpc) is 2.81. The van der Waals surface area contributed by atoms with Crippen LogP contribution in [0.15, 0.2) is 66.7 Å². The summed E-state index contributed by atoms with van der Waals surface area (Å²) in [6.45, 7) is -1.03. The van der Waals surface area contributed by atoms with Crippen molar-refractivity contribution in [2.45, 2.75) is 39.2 Å². The summed E-state index contributed by atoms with van der Waals surface area (Å²) in [5.41, 5.74) is 2.38. The highest BCUT2D eigenvalue weighted by Crippen LogP contribution is 2.34. The quantitative estimate of drug-likeness (QED) is 0.184. The first kappa shape index (κ1) is 23.7. The highest BCUT2D eigenvalue weighted by atomic mass is 19.3. The Morgan fingerprint density at radius 2 is 1.41 bits per heavy atom. The van der Waals surface area contributed by atoms with Gasteiger partial charge in [-0.2, -0.15) is 8.78 Å². The molecule has 0 saturated heterocycles. The summed E-state index contributed by atoms with van der Waals surface area (Å²) in [6.07, 6.45) is 3.97. The van der Waals surface area contributed by atoms with E-state index < -0.39 is 29.8 Å². The monoisotopic (exact) mass is 470 g/mol. The molecule has 0 saturated carbocycles. The molecule has 1 nitrogen and oxygen atoms in total. The first-order valence-electron chi connectivity index (χ1n) is 11.1. The lowest BCUT2D eigenvalue weighted by Crippen LogP contribution is -2.03. The lowest BCUT2D eigenvalue weighted by molar-refractivity contribution is -0.0520. The van der Waals surface area contributed by atoms with Crippen LogP contribution in [0.4, 0.5) is 22.0 Å². The zero-order valence-electron chi connectivity index (χ0n) is 18.6. The third-order valence-corrected chi connectivity index (χ3v) is 5.83. The van der Waals surface area contributed by atoms with Crippen molar-refractivity contribution in [3.05, 3.63) is 89.7 Å². The topological polar surface area (TPSA) is 9.23 Å². The van der Waals surface area contributed by atoms with Gasteiger partial charge < -0.3 is 4.74 Å². The molecule has 0 N–H and O–H groups in total. The smallest absolute Gasteiger partial charge is 0.387 e. The Morgan fingerprint density at radius 1 is 0.735 bits per heavy atom. The molecule has 176 valence electrons. The van der Waals surface area contributed by atoms with Gasteiger partial charge in [-0.25, -0.2) is 13.2 Å². The second-order valence-corrected chi connectivity index (χ2v) is 8.16. The van der Waals surface area contributed by atoms with Gasteiger partial charge in [0.1, 0.15) is 11.6 Å². The van der Waals surface area contributed by atoms with E-state index in [0.29, 0.717) is 22.1 Å². The third kappa shape index (κ3) is 5.06. The van der Waals surface area contributed by atoms with Gasteiger partial charge in [-0.1, -0.05) is 62.2 Å². The number of unbranched alkanes of at least 4 members (excludes halogenated alkanes) is 2. The maximum absolute atomic E-state index is 15.0. The van der Waals surface area contributed by atoms with E-state index >= 15 is 4.39 Å². The van der Waals surface area contributed by atoms with Crippen molar-refractivity contribution in [2.75, 3.05) is 0 Å². The molecule has 0 radical (unpaired) electrons. The van der Waals surface area contributed by atoms with E-state index in [2.05, 4.69) is 11.7 Å². The third-order valence-electron chi connectivity index (χ3n) is 5.83. The maximum Gasteiger partial charge on any atom is 0.387 e. The first-order chi connectivity index (χ1) is 16.4. The molecule has 6 heteroatoms. The van der Waals surface area contributed by atoms with E-state index in [1.165, 1.54) is 30.3 Å². The number of fused-ring (bicyclic) bond motifs is 1. The molecule has 0 amide bonds. The average molecular weight is 470 g/mol. The first-order valence-corrected chi connectivity index (χ1v) is 11.1. The lowest BCUT2D eigenvalue weighted by atomic mass is 9.96. The van der Waals surface area contributed by atoms with Gasteiger partial charge in [0.15, 0.2) is 11.6 Å². The zero-order valence-corrected chi connectivity index (χ0v) is 18.6. The van der Waals surface area contributed by atoms with Gasteiger partial charge >= 0.3 is 6.61 Å². The molecule has 0 heterocycles. The minimum absolute atomic E-state index is 0.0834. The fourth-order valence-corrected chi connectivity index (χ4v) is 4.07. The molecule has 0 atom stereocenters. The molecule has 0 aliphatic carbocycles. The van der Waals surface area contributed by atoms with Gasteiger partial charge in [-0.3, -0.25) is 0 Å². The molecule has 4 aromatic rings. The fourth-order valence-electron chi connectivity index (χ4n) is 4.07. The number of ether oxygens (including phenoxy) is 1. The molecule has 0 unspecified atom stereocenters. The van der Waals surface area contributed by atoms with Gasteiger partial charge in [-0.05, 0) is 59.2 Å². The van der Waals surface area contributed by atoms with Crippen molar-refractivity contribution in [1.29, 1.82) is 0 Å². The van der Waals surface area contributed by atoms with Gasteiger partial charge in [-0.15, -0.1) is 0 Å². The van der Waals surface area contributed by atoms with Gasteiger partial charge in [0.05, 0.1) is 0 Å². The van der Waals surface area contributed by atoms with Crippen molar-refractivity contribution in [3.63, 3.8) is 0 Å². The molecule has 4 aromatic carbocycles. The van der Waals surface area contributed by atoms with Gasteiger partial charge in [0.25, 0.3) is 0 Å². The Bertz CT molecular complexity index is 1320. The van der Waals surface area contributed by atoms with Gasteiger partial charge in [0, 0.05) is 16.5 Å². The molecule has 4 rings (SSSR count). The van der Waals surface area contributed by atoms with Crippen LogP contribution in [0, 0.1) is 17.5 Å². The fraction of sp³-hybridized carbons (Fsp3) is 0.214. The summed E-state index contributed by atoms with van der Waals surface area (Å²) in [4.78, 5) is 0. The van der Waals surface area contributed by atoms with Crippen LogP contribution in [0.1, 0.15) is 31.7 Å². The Morgan fingerprint density at radius 3 is 2.09 bits per heavy atom. The van der Waals surface area contributed by atoms with E-state index in [1.807, 2.05) is 6.07 Å². The highest BCUT2D eigenvalue weighted by Gasteiger charge is 2.15. The molecular weight excluding hydrogens is 447 g/mol. The van der Waals surface area contributed by atoms with Crippen LogP contribution in [-0.4, -0.2) is 6.61 Å². The largest absolute Gasteiger partial charge is 0.432 e. The summed E-state index contributed by atoms with van der Waals surface area (Å²) >= 11 is 0. The summed E-state index contributed by atoms with van der Waals surface area (Å²) < 4.78 is 73.3. The van der Waals surface area contributed by atoms with E-state index in [-0.39, 0.29) is 10.9 Å². The van der Waals surface area contributed by atoms with E-state index in [4.69, 9.17) is 0 Å². The molecule has 0 aliphatic heterocycles. The number of aryl methyl sites for hydroxylation is 1. The SMILES string of the molecule is CCCCCc1ccc(-c2ccc(-c3ccc4c(F)c(OC(F)F)ccc4c3)c(F)c2)c(F)c1. The number of benzene rings is 4. The summed E-state index contributed by atoms with van der Waals surface area (Å²) in [7, 11) is 0. The Balaban J connectivity index is 1.62. The molecule has 0 bridgehead atoms. The summed E-state index contributed by atoms with van der Waals surface area (Å²) in [6, 6.07) is 16.5. The van der Waals surface area contributed by atoms with Crippen LogP contribution in [0.5, 0.6) is 5.75 Å². The normalized spacial score (nSPS) is 11.4. The van der Waals surface area contributed by atoms with E-state index in [1.54, 1.807) is 24.3 Å². The summed E-state index contributed by atoms with van der Waals surface area (Å²) in [5.74, 6) is -2.41. The van der Waals surface area contributed by atoms with Crippen LogP contribution >= 0.6 is 0 Å². The minimum atomic E-state index is -3.14. The maximum atomic E-state index is 15.0. The van der Waals surface area contributed by atoms with Crippen LogP contribution in [0.25, 0.3) is 33.0 Å². The Kier molecular flexibility index (Phi) is 7.15. The predicted molar refractivity (Wildman–Crippen MR) is 125 cm³/mol. The predicted octanol–water partition coefficient (Wildman–Crippen LogP) is 8.93. The molecule has 0 spiro atoms. The minimum Gasteiger partial charge on any atom is -0.432 e. The van der Waals surface area contributed by atoms with Crippen molar-refractivity contribution in [3.8, 4) is 28.0 Å². The zero-order chi connectivity index (χ0) is 24.2. The molecule has 0 aliphatic rings. The number of halogens is 5. The van der Waals surface area contributed by atoms with Crippen LogP contribution in [0.3, 0.4) is 0 Å². The van der Waals surface area contributed by atoms with E-state index in [9.17, 15) is 17.6 Å². The summed E-state index contributed by atoms with van der Waals surface area (Å²) in [5, 5.41) is 0.491. The second-order valence-electron chi connectivity index (χ2n) is 8.16. The van der Waals surface area contributed by atoms with Crippen LogP contribution in [0.2, 0.25) is 0 Å². The number of alkyl halides is 2. The van der Waals surface area contributed by atoms with Crippen molar-refractivity contribution in [2.24, 2.45) is 0 Å². The molecule has 0 fully saturated rings. The second kappa shape index (κ2) is 10.2. The molecular formula is C28H23F5O. The molecule has 0 aromatic heterocycles. The number of hydrogen-bond acceptors (Lipinski definition) is 1. The highest BCUT2D eigenvalue weighted by molar-refractivity contribution is 5.89. The number of rotatable bonds is 8. The lowest BCUT2D eigenvalue weighted by Gasteiger charge is -2.11. The number of hydrogen-bond donors (Lipinski definition) is 0. The Hall–Kier alpha value is -3.41. The van der Waals surface area contributed by atoms with Crippen molar-refractivity contribution < 1.29 is 26.7 Å². The van der Waals surface area contributed by atoms with Gasteiger partial charge in [0.2, 0.25) is 0 Å². The van der Waals surface area contributed by atoms with Crippen molar-refractivity contribution in [1.82, 2.24) is 0 Å².